The lowest BCUT2D eigenvalue weighted by atomic mass is 10.3. The predicted octanol–water partition coefficient (Wildman–Crippen LogP) is 0.917. The molecule has 3 rings (SSSR count). The SMILES string of the molecule is O=C(O)c1cnc(C(=O)Nc2cc(S(=O)(=O)N3CCCC3)ccc2O)cn1. The average molecular weight is 392 g/mol. The molecule has 0 atom stereocenters. The number of anilines is 1. The fraction of sp³-hybridized carbons (Fsp3) is 0.250. The molecule has 0 unspecified atom stereocenters. The monoisotopic (exact) mass is 392 g/mol. The predicted molar refractivity (Wildman–Crippen MR) is 93.0 cm³/mol. The molecule has 2 heterocycles. The number of nitrogens with zero attached hydrogens (tertiary/aromatic N) is 3. The van der Waals surface area contributed by atoms with Crippen LogP contribution in [0.15, 0.2) is 35.5 Å². The number of rotatable bonds is 5. The van der Waals surface area contributed by atoms with Gasteiger partial charge in [-0.2, -0.15) is 4.31 Å². The topological polar surface area (TPSA) is 150 Å². The molecular weight excluding hydrogens is 376 g/mol. The highest BCUT2D eigenvalue weighted by Gasteiger charge is 2.28. The fourth-order valence-electron chi connectivity index (χ4n) is 2.60. The highest BCUT2D eigenvalue weighted by Crippen LogP contribution is 2.29. The van der Waals surface area contributed by atoms with Crippen molar-refractivity contribution in [1.29, 1.82) is 0 Å². The highest BCUT2D eigenvalue weighted by atomic mass is 32.2. The molecule has 0 bridgehead atoms. The summed E-state index contributed by atoms with van der Waals surface area (Å²) in [5.41, 5.74) is -0.621. The summed E-state index contributed by atoms with van der Waals surface area (Å²) in [7, 11) is -3.72. The zero-order valence-corrected chi connectivity index (χ0v) is 14.8. The molecule has 1 aliphatic heterocycles. The molecule has 2 aromatic rings. The Labute approximate surface area is 154 Å². The maximum absolute atomic E-state index is 12.6. The summed E-state index contributed by atoms with van der Waals surface area (Å²) in [6, 6.07) is 3.61. The van der Waals surface area contributed by atoms with E-state index in [1.54, 1.807) is 0 Å². The van der Waals surface area contributed by atoms with Crippen LogP contribution in [0.2, 0.25) is 0 Å². The van der Waals surface area contributed by atoms with E-state index in [1.807, 2.05) is 0 Å². The molecule has 0 saturated carbocycles. The summed E-state index contributed by atoms with van der Waals surface area (Å²) in [5.74, 6) is -2.38. The van der Waals surface area contributed by atoms with Crippen molar-refractivity contribution in [3.8, 4) is 5.75 Å². The molecule has 1 aromatic heterocycles. The van der Waals surface area contributed by atoms with Gasteiger partial charge in [0.05, 0.1) is 23.0 Å². The second kappa shape index (κ2) is 7.29. The summed E-state index contributed by atoms with van der Waals surface area (Å²) >= 11 is 0. The molecule has 1 aromatic carbocycles. The Hall–Kier alpha value is -3.05. The largest absolute Gasteiger partial charge is 0.506 e. The average Bonchev–Trinajstić information content (AvgIpc) is 3.19. The second-order valence-corrected chi connectivity index (χ2v) is 7.77. The number of carboxylic acids is 1. The third kappa shape index (κ3) is 3.88. The number of phenols is 1. The summed E-state index contributed by atoms with van der Waals surface area (Å²) in [6.45, 7) is 0.854. The minimum Gasteiger partial charge on any atom is -0.506 e. The summed E-state index contributed by atoms with van der Waals surface area (Å²) in [5, 5.41) is 21.1. The molecule has 0 radical (unpaired) electrons. The van der Waals surface area contributed by atoms with Gasteiger partial charge in [-0.1, -0.05) is 0 Å². The number of aromatic hydroxyl groups is 1. The van der Waals surface area contributed by atoms with Crippen molar-refractivity contribution in [2.45, 2.75) is 17.7 Å². The first-order valence-corrected chi connectivity index (χ1v) is 9.43. The van der Waals surface area contributed by atoms with Crippen molar-refractivity contribution in [2.75, 3.05) is 18.4 Å². The minimum absolute atomic E-state index is 0.0511. The Morgan fingerprint density at radius 1 is 1.07 bits per heavy atom. The van der Waals surface area contributed by atoms with Gasteiger partial charge in [-0.05, 0) is 31.0 Å². The fourth-order valence-corrected chi connectivity index (χ4v) is 4.14. The number of nitrogens with one attached hydrogen (secondary N) is 1. The van der Waals surface area contributed by atoms with Crippen LogP contribution in [0, 0.1) is 0 Å². The van der Waals surface area contributed by atoms with Gasteiger partial charge in [-0.25, -0.2) is 23.2 Å². The molecular formula is C16H16N4O6S. The number of amides is 1. The molecule has 11 heteroatoms. The van der Waals surface area contributed by atoms with Crippen molar-refractivity contribution in [3.63, 3.8) is 0 Å². The van der Waals surface area contributed by atoms with Crippen molar-refractivity contribution >= 4 is 27.6 Å². The van der Waals surface area contributed by atoms with E-state index in [9.17, 15) is 23.1 Å². The Balaban J connectivity index is 1.84. The van der Waals surface area contributed by atoms with Gasteiger partial charge in [0.2, 0.25) is 10.0 Å². The standard InChI is InChI=1S/C16H16N4O6S/c21-14-4-3-10(27(25,26)20-5-1-2-6-20)7-11(14)19-15(22)12-8-18-13(9-17-12)16(23)24/h3-4,7-9,21H,1-2,5-6H2,(H,19,22)(H,23,24). The number of carbonyl (C=O) groups excluding carboxylic acids is 1. The van der Waals surface area contributed by atoms with Gasteiger partial charge in [-0.15, -0.1) is 0 Å². The molecule has 3 N–H and O–H groups in total. The van der Waals surface area contributed by atoms with Crippen molar-refractivity contribution in [1.82, 2.24) is 14.3 Å². The first kappa shape index (κ1) is 18.7. The molecule has 1 aliphatic rings. The molecule has 0 spiro atoms. The zero-order valence-electron chi connectivity index (χ0n) is 14.0. The number of hydrogen-bond acceptors (Lipinski definition) is 7. The first-order valence-electron chi connectivity index (χ1n) is 7.99. The van der Waals surface area contributed by atoms with Crippen LogP contribution in [0.3, 0.4) is 0 Å². The van der Waals surface area contributed by atoms with Crippen LogP contribution in [-0.2, 0) is 10.0 Å². The number of sulfonamides is 1. The van der Waals surface area contributed by atoms with E-state index in [0.29, 0.717) is 13.1 Å². The minimum atomic E-state index is -3.72. The van der Waals surface area contributed by atoms with Crippen molar-refractivity contribution in [3.05, 3.63) is 42.0 Å². The Kier molecular flexibility index (Phi) is 5.06. The lowest BCUT2D eigenvalue weighted by Crippen LogP contribution is -2.28. The van der Waals surface area contributed by atoms with Crippen molar-refractivity contribution in [2.24, 2.45) is 0 Å². The van der Waals surface area contributed by atoms with Gasteiger partial charge in [0.25, 0.3) is 5.91 Å². The van der Waals surface area contributed by atoms with Crippen LogP contribution in [0.25, 0.3) is 0 Å². The van der Waals surface area contributed by atoms with Gasteiger partial charge in [0, 0.05) is 13.1 Å². The zero-order chi connectivity index (χ0) is 19.6. The number of hydrogen-bond donors (Lipinski definition) is 3. The Morgan fingerprint density at radius 2 is 1.70 bits per heavy atom. The molecule has 142 valence electrons. The summed E-state index contributed by atoms with van der Waals surface area (Å²) in [6.07, 6.45) is 3.46. The van der Waals surface area contributed by atoms with Gasteiger partial charge in [0.1, 0.15) is 11.4 Å². The van der Waals surface area contributed by atoms with Gasteiger partial charge >= 0.3 is 5.97 Å². The third-order valence-corrected chi connectivity index (χ3v) is 5.92. The first-order chi connectivity index (χ1) is 12.8. The van der Waals surface area contributed by atoms with E-state index in [1.165, 1.54) is 22.5 Å². The van der Waals surface area contributed by atoms with E-state index in [0.717, 1.165) is 25.2 Å². The normalized spacial score (nSPS) is 14.8. The van der Waals surface area contributed by atoms with E-state index < -0.39 is 21.9 Å². The van der Waals surface area contributed by atoms with Gasteiger partial charge in [0.15, 0.2) is 5.69 Å². The Bertz CT molecular complexity index is 984. The quantitative estimate of drug-likeness (QED) is 0.636. The maximum Gasteiger partial charge on any atom is 0.356 e. The van der Waals surface area contributed by atoms with E-state index in [2.05, 4.69) is 15.3 Å². The number of carboxylic acid groups (broad SMARTS) is 1. The van der Waals surface area contributed by atoms with Crippen LogP contribution in [0.4, 0.5) is 5.69 Å². The molecule has 27 heavy (non-hydrogen) atoms. The number of phenolic OH excluding ortho intramolecular Hbond substituents is 1. The van der Waals surface area contributed by atoms with Crippen LogP contribution < -0.4 is 5.32 Å². The van der Waals surface area contributed by atoms with E-state index in [-0.39, 0.29) is 27.7 Å². The van der Waals surface area contributed by atoms with Gasteiger partial charge in [-0.3, -0.25) is 4.79 Å². The highest BCUT2D eigenvalue weighted by molar-refractivity contribution is 7.89. The van der Waals surface area contributed by atoms with Crippen molar-refractivity contribution < 1.29 is 28.2 Å². The third-order valence-electron chi connectivity index (χ3n) is 4.02. The molecule has 0 aliphatic carbocycles. The number of benzene rings is 1. The van der Waals surface area contributed by atoms with Crippen LogP contribution in [0.5, 0.6) is 5.75 Å². The lowest BCUT2D eigenvalue weighted by molar-refractivity contribution is 0.0689. The summed E-state index contributed by atoms with van der Waals surface area (Å²) in [4.78, 5) is 30.2. The summed E-state index contributed by atoms with van der Waals surface area (Å²) < 4.78 is 26.6. The number of aromatic nitrogens is 2. The second-order valence-electron chi connectivity index (χ2n) is 5.84. The number of aromatic carboxylic acids is 1. The molecule has 1 fully saturated rings. The van der Waals surface area contributed by atoms with Crippen LogP contribution >= 0.6 is 0 Å². The number of carbonyl (C=O) groups is 2. The molecule has 10 nitrogen and oxygen atoms in total. The Morgan fingerprint density at radius 3 is 2.30 bits per heavy atom. The van der Waals surface area contributed by atoms with E-state index >= 15 is 0 Å². The van der Waals surface area contributed by atoms with Crippen LogP contribution in [-0.4, -0.2) is 57.9 Å². The molecule has 1 amide bonds. The van der Waals surface area contributed by atoms with E-state index in [4.69, 9.17) is 5.11 Å². The maximum atomic E-state index is 12.6. The van der Waals surface area contributed by atoms with Crippen LogP contribution in [0.1, 0.15) is 33.8 Å². The molecule has 1 saturated heterocycles. The lowest BCUT2D eigenvalue weighted by Gasteiger charge is -2.16. The van der Waals surface area contributed by atoms with Gasteiger partial charge < -0.3 is 15.5 Å². The smallest absolute Gasteiger partial charge is 0.356 e.